The first kappa shape index (κ1) is 13.1. The van der Waals surface area contributed by atoms with Crippen molar-refractivity contribution in [2.45, 2.75) is 19.6 Å². The molecule has 3 nitrogen and oxygen atoms in total. The Morgan fingerprint density at radius 3 is 2.42 bits per heavy atom. The zero-order valence-corrected chi connectivity index (χ0v) is 10.9. The largest absolute Gasteiger partial charge is 0.489 e. The van der Waals surface area contributed by atoms with E-state index >= 15 is 0 Å². The topological polar surface area (TPSA) is 38.3 Å². The van der Waals surface area contributed by atoms with Crippen LogP contribution in [0, 0.1) is 0 Å². The van der Waals surface area contributed by atoms with Crippen LogP contribution in [0.4, 0.5) is 0 Å². The van der Waals surface area contributed by atoms with Crippen LogP contribution in [0.3, 0.4) is 0 Å². The molecule has 1 amide bonds. The molecule has 0 saturated heterocycles. The van der Waals surface area contributed by atoms with E-state index in [1.54, 1.807) is 0 Å². The molecule has 98 valence electrons. The minimum Gasteiger partial charge on any atom is -0.489 e. The minimum absolute atomic E-state index is 0.0145. The van der Waals surface area contributed by atoms with Crippen LogP contribution in [0.25, 0.3) is 0 Å². The number of carbonyl (C=O) groups excluding carboxylic acids is 1. The third kappa shape index (κ3) is 3.85. The molecular weight excluding hydrogens is 238 g/mol. The van der Waals surface area contributed by atoms with Crippen molar-refractivity contribution >= 4 is 6.41 Å². The molecule has 19 heavy (non-hydrogen) atoms. The van der Waals surface area contributed by atoms with Crippen molar-refractivity contribution in [1.82, 2.24) is 5.32 Å². The molecule has 0 aliphatic carbocycles. The Kier molecular flexibility index (Phi) is 4.56. The van der Waals surface area contributed by atoms with Gasteiger partial charge in [0.2, 0.25) is 6.41 Å². The van der Waals surface area contributed by atoms with Gasteiger partial charge in [-0.25, -0.2) is 0 Å². The molecule has 1 N–H and O–H groups in total. The standard InChI is InChI=1S/C16H17NO2/c1-13(17-12-18)15-7-9-16(10-8-15)19-11-14-5-3-2-4-6-14/h2-10,12-13H,11H2,1H3,(H,17,18)/t13-/m1/s1. The van der Waals surface area contributed by atoms with Gasteiger partial charge in [-0.3, -0.25) is 4.79 Å². The number of carbonyl (C=O) groups is 1. The number of hydrogen-bond acceptors (Lipinski definition) is 2. The summed E-state index contributed by atoms with van der Waals surface area (Å²) in [5.41, 5.74) is 2.20. The monoisotopic (exact) mass is 255 g/mol. The van der Waals surface area contributed by atoms with Gasteiger partial charge < -0.3 is 10.1 Å². The Morgan fingerprint density at radius 1 is 1.11 bits per heavy atom. The first-order valence-electron chi connectivity index (χ1n) is 6.26. The van der Waals surface area contributed by atoms with Gasteiger partial charge in [-0.2, -0.15) is 0 Å². The molecule has 0 saturated carbocycles. The lowest BCUT2D eigenvalue weighted by atomic mass is 10.1. The number of amides is 1. The third-order valence-corrected chi connectivity index (χ3v) is 2.95. The summed E-state index contributed by atoms with van der Waals surface area (Å²) < 4.78 is 5.70. The van der Waals surface area contributed by atoms with Gasteiger partial charge in [0.1, 0.15) is 12.4 Å². The van der Waals surface area contributed by atoms with Crippen LogP contribution >= 0.6 is 0 Å². The molecule has 0 aliphatic rings. The van der Waals surface area contributed by atoms with Crippen molar-refractivity contribution in [1.29, 1.82) is 0 Å². The van der Waals surface area contributed by atoms with E-state index in [2.05, 4.69) is 5.32 Å². The average Bonchev–Trinajstić information content (AvgIpc) is 2.47. The van der Waals surface area contributed by atoms with Crippen LogP contribution in [0.2, 0.25) is 0 Å². The van der Waals surface area contributed by atoms with Crippen molar-refractivity contribution in [3.8, 4) is 5.75 Å². The van der Waals surface area contributed by atoms with E-state index in [1.165, 1.54) is 0 Å². The molecule has 0 heterocycles. The summed E-state index contributed by atoms with van der Waals surface area (Å²) in [4.78, 5) is 10.4. The Balaban J connectivity index is 1.93. The normalized spacial score (nSPS) is 11.6. The first-order chi connectivity index (χ1) is 9.29. The molecule has 0 unspecified atom stereocenters. The number of hydrogen-bond donors (Lipinski definition) is 1. The van der Waals surface area contributed by atoms with E-state index in [1.807, 2.05) is 61.5 Å². The van der Waals surface area contributed by atoms with Gasteiger partial charge in [-0.1, -0.05) is 42.5 Å². The molecule has 3 heteroatoms. The van der Waals surface area contributed by atoms with Crippen molar-refractivity contribution in [2.24, 2.45) is 0 Å². The third-order valence-electron chi connectivity index (χ3n) is 2.95. The lowest BCUT2D eigenvalue weighted by Gasteiger charge is -2.11. The smallest absolute Gasteiger partial charge is 0.207 e. The zero-order valence-electron chi connectivity index (χ0n) is 10.9. The Labute approximate surface area is 113 Å². The van der Waals surface area contributed by atoms with Gasteiger partial charge >= 0.3 is 0 Å². The van der Waals surface area contributed by atoms with Gasteiger partial charge in [0, 0.05) is 0 Å². The van der Waals surface area contributed by atoms with E-state index in [0.717, 1.165) is 16.9 Å². The average molecular weight is 255 g/mol. The second-order valence-electron chi connectivity index (χ2n) is 4.35. The van der Waals surface area contributed by atoms with Crippen LogP contribution in [-0.2, 0) is 11.4 Å². The minimum atomic E-state index is 0.0145. The van der Waals surface area contributed by atoms with Gasteiger partial charge in [0.15, 0.2) is 0 Å². The summed E-state index contributed by atoms with van der Waals surface area (Å²) in [6, 6.07) is 17.8. The van der Waals surface area contributed by atoms with Crippen LogP contribution in [-0.4, -0.2) is 6.41 Å². The van der Waals surface area contributed by atoms with Gasteiger partial charge in [-0.15, -0.1) is 0 Å². The van der Waals surface area contributed by atoms with E-state index in [9.17, 15) is 4.79 Å². The molecular formula is C16H17NO2. The molecule has 0 spiro atoms. The van der Waals surface area contributed by atoms with Gasteiger partial charge in [-0.05, 0) is 30.2 Å². The number of nitrogens with one attached hydrogen (secondary N) is 1. The van der Waals surface area contributed by atoms with Crippen LogP contribution < -0.4 is 10.1 Å². The maximum Gasteiger partial charge on any atom is 0.207 e. The summed E-state index contributed by atoms with van der Waals surface area (Å²) in [5, 5.41) is 2.72. The summed E-state index contributed by atoms with van der Waals surface area (Å²) in [6.45, 7) is 2.50. The van der Waals surface area contributed by atoms with Crippen molar-refractivity contribution < 1.29 is 9.53 Å². The van der Waals surface area contributed by atoms with Crippen LogP contribution in [0.15, 0.2) is 54.6 Å². The molecule has 2 rings (SSSR count). The predicted octanol–water partition coefficient (Wildman–Crippen LogP) is 3.07. The summed E-state index contributed by atoms with van der Waals surface area (Å²) in [6.07, 6.45) is 0.713. The second kappa shape index (κ2) is 6.59. The summed E-state index contributed by atoms with van der Waals surface area (Å²) in [5.74, 6) is 0.825. The highest BCUT2D eigenvalue weighted by Gasteiger charge is 2.03. The second-order valence-corrected chi connectivity index (χ2v) is 4.35. The Hall–Kier alpha value is -2.29. The van der Waals surface area contributed by atoms with E-state index in [4.69, 9.17) is 4.74 Å². The summed E-state index contributed by atoms with van der Waals surface area (Å²) in [7, 11) is 0. The molecule has 0 radical (unpaired) electrons. The fraction of sp³-hybridized carbons (Fsp3) is 0.188. The number of rotatable bonds is 6. The maximum absolute atomic E-state index is 10.4. The Bertz CT molecular complexity index is 508. The van der Waals surface area contributed by atoms with Crippen molar-refractivity contribution in [3.63, 3.8) is 0 Å². The van der Waals surface area contributed by atoms with Crippen LogP contribution in [0.1, 0.15) is 24.1 Å². The lowest BCUT2D eigenvalue weighted by molar-refractivity contribution is -0.110. The quantitative estimate of drug-likeness (QED) is 0.806. The predicted molar refractivity (Wildman–Crippen MR) is 74.8 cm³/mol. The molecule has 2 aromatic carbocycles. The SMILES string of the molecule is C[C@@H](NC=O)c1ccc(OCc2ccccc2)cc1. The number of benzene rings is 2. The van der Waals surface area contributed by atoms with Gasteiger partial charge in [0.05, 0.1) is 6.04 Å². The van der Waals surface area contributed by atoms with Crippen molar-refractivity contribution in [2.75, 3.05) is 0 Å². The van der Waals surface area contributed by atoms with E-state index < -0.39 is 0 Å². The number of ether oxygens (including phenoxy) is 1. The molecule has 1 atom stereocenters. The molecule has 0 aliphatic heterocycles. The Morgan fingerprint density at radius 2 is 1.79 bits per heavy atom. The zero-order chi connectivity index (χ0) is 13.5. The van der Waals surface area contributed by atoms with E-state index in [-0.39, 0.29) is 6.04 Å². The first-order valence-corrected chi connectivity index (χ1v) is 6.26. The lowest BCUT2D eigenvalue weighted by Crippen LogP contribution is -2.15. The van der Waals surface area contributed by atoms with Crippen LogP contribution in [0.5, 0.6) is 5.75 Å². The highest BCUT2D eigenvalue weighted by atomic mass is 16.5. The molecule has 0 fully saturated rings. The highest BCUT2D eigenvalue weighted by Crippen LogP contribution is 2.18. The molecule has 0 bridgehead atoms. The fourth-order valence-electron chi connectivity index (χ4n) is 1.79. The highest BCUT2D eigenvalue weighted by molar-refractivity contribution is 5.47. The van der Waals surface area contributed by atoms with Gasteiger partial charge in [0.25, 0.3) is 0 Å². The van der Waals surface area contributed by atoms with Crippen molar-refractivity contribution in [3.05, 3.63) is 65.7 Å². The molecule has 2 aromatic rings. The maximum atomic E-state index is 10.4. The van der Waals surface area contributed by atoms with E-state index in [0.29, 0.717) is 13.0 Å². The molecule has 0 aromatic heterocycles. The summed E-state index contributed by atoms with van der Waals surface area (Å²) >= 11 is 0. The fourth-order valence-corrected chi connectivity index (χ4v) is 1.79.